The molecule has 0 aliphatic rings. The van der Waals surface area contributed by atoms with E-state index in [2.05, 4.69) is 10.3 Å². The van der Waals surface area contributed by atoms with E-state index in [1.165, 1.54) is 6.07 Å². The molecule has 0 saturated heterocycles. The molecule has 1 heterocycles. The van der Waals surface area contributed by atoms with Gasteiger partial charge < -0.3 is 11.1 Å². The number of pyridine rings is 1. The van der Waals surface area contributed by atoms with Crippen molar-refractivity contribution in [2.75, 3.05) is 11.1 Å². The van der Waals surface area contributed by atoms with Crippen LogP contribution in [0.15, 0.2) is 23.2 Å². The van der Waals surface area contributed by atoms with Crippen LogP contribution in [-0.2, 0) is 4.79 Å². The number of anilines is 2. The summed E-state index contributed by atoms with van der Waals surface area (Å²) >= 11 is 1.14. The van der Waals surface area contributed by atoms with Gasteiger partial charge in [0.2, 0.25) is 5.91 Å². The maximum absolute atomic E-state index is 12.6. The number of thioether (sulfide) groups is 1. The smallest absolute Gasteiger partial charge is 0.237 e. The Morgan fingerprint density at radius 1 is 1.15 bits per heavy atom. The summed E-state index contributed by atoms with van der Waals surface area (Å²) in [6, 6.07) is 9.30. The lowest BCUT2D eigenvalue weighted by atomic mass is 10.1. The monoisotopic (exact) mass is 365 g/mol. The van der Waals surface area contributed by atoms with Crippen molar-refractivity contribution in [2.24, 2.45) is 0 Å². The Balaban J connectivity index is 2.22. The first-order chi connectivity index (χ1) is 12.3. The Bertz CT molecular complexity index is 933. The molecule has 0 spiro atoms. The highest BCUT2D eigenvalue weighted by atomic mass is 32.2. The lowest BCUT2D eigenvalue weighted by Crippen LogP contribution is -2.23. The van der Waals surface area contributed by atoms with Gasteiger partial charge in [-0.05, 0) is 44.9 Å². The summed E-state index contributed by atoms with van der Waals surface area (Å²) in [6.07, 6.45) is 0. The molecular weight excluding hydrogens is 346 g/mol. The Kier molecular flexibility index (Phi) is 5.86. The fraction of sp³-hybridized carbons (Fsp3) is 0.263. The Hall–Kier alpha value is -3.03. The summed E-state index contributed by atoms with van der Waals surface area (Å²) < 4.78 is 0. The van der Waals surface area contributed by atoms with E-state index in [0.29, 0.717) is 5.03 Å². The van der Waals surface area contributed by atoms with Gasteiger partial charge in [-0.3, -0.25) is 4.79 Å². The average Bonchev–Trinajstić information content (AvgIpc) is 2.58. The molecule has 132 valence electrons. The van der Waals surface area contributed by atoms with E-state index in [-0.39, 0.29) is 22.9 Å². The van der Waals surface area contributed by atoms with Crippen LogP contribution in [0.3, 0.4) is 0 Å². The van der Waals surface area contributed by atoms with Gasteiger partial charge in [0.15, 0.2) is 0 Å². The second kappa shape index (κ2) is 7.90. The SMILES string of the molecule is Cc1cc(C)c(NC(=O)[C@@H](C)Sc2nc(N)c(C#N)cc2C#N)c(C)c1. The van der Waals surface area contributed by atoms with Crippen LogP contribution < -0.4 is 11.1 Å². The topological polar surface area (TPSA) is 116 Å². The van der Waals surface area contributed by atoms with Crippen LogP contribution >= 0.6 is 11.8 Å². The molecule has 1 aromatic carbocycles. The predicted octanol–water partition coefficient (Wildman–Crippen LogP) is 3.45. The standard InChI is InChI=1S/C19H19N5OS/c1-10-5-11(2)16(12(3)6-10)23-18(25)13(4)26-19-15(9-21)7-14(8-20)17(22)24-19/h5-7,13H,1-4H3,(H2,22,24)(H,23,25)/t13-/m1/s1. The molecule has 6 nitrogen and oxygen atoms in total. The molecule has 7 heteroatoms. The van der Waals surface area contributed by atoms with Crippen LogP contribution in [-0.4, -0.2) is 16.1 Å². The number of amides is 1. The zero-order valence-corrected chi connectivity index (χ0v) is 15.9. The number of nitrogen functional groups attached to an aromatic ring is 1. The van der Waals surface area contributed by atoms with E-state index < -0.39 is 5.25 Å². The highest BCUT2D eigenvalue weighted by molar-refractivity contribution is 8.00. The quantitative estimate of drug-likeness (QED) is 0.802. The fourth-order valence-corrected chi connectivity index (χ4v) is 3.48. The first-order valence-electron chi connectivity index (χ1n) is 7.93. The lowest BCUT2D eigenvalue weighted by molar-refractivity contribution is -0.115. The number of aryl methyl sites for hydroxylation is 3. The lowest BCUT2D eigenvalue weighted by Gasteiger charge is -2.16. The number of carbonyl (C=O) groups is 1. The molecule has 0 aliphatic carbocycles. The van der Waals surface area contributed by atoms with Crippen molar-refractivity contribution >= 4 is 29.2 Å². The highest BCUT2D eigenvalue weighted by Crippen LogP contribution is 2.29. The molecule has 2 aromatic rings. The summed E-state index contributed by atoms with van der Waals surface area (Å²) in [5.41, 5.74) is 10.0. The number of nitrogens with zero attached hydrogens (tertiary/aromatic N) is 3. The van der Waals surface area contributed by atoms with Gasteiger partial charge in [0.1, 0.15) is 23.0 Å². The number of benzene rings is 1. The van der Waals surface area contributed by atoms with Gasteiger partial charge in [0.05, 0.1) is 16.4 Å². The molecule has 0 bridgehead atoms. The number of carbonyl (C=O) groups excluding carboxylic acids is 1. The number of nitriles is 2. The van der Waals surface area contributed by atoms with Crippen molar-refractivity contribution in [2.45, 2.75) is 38.0 Å². The number of nitrogens with one attached hydrogen (secondary N) is 1. The average molecular weight is 365 g/mol. The van der Waals surface area contributed by atoms with E-state index in [1.807, 2.05) is 45.0 Å². The van der Waals surface area contributed by atoms with Crippen LogP contribution in [0.5, 0.6) is 0 Å². The zero-order valence-electron chi connectivity index (χ0n) is 15.0. The van der Waals surface area contributed by atoms with E-state index in [1.54, 1.807) is 6.92 Å². The largest absolute Gasteiger partial charge is 0.383 e. The first-order valence-corrected chi connectivity index (χ1v) is 8.80. The molecule has 1 atom stereocenters. The summed E-state index contributed by atoms with van der Waals surface area (Å²) in [6.45, 7) is 7.64. The Morgan fingerprint density at radius 3 is 2.27 bits per heavy atom. The van der Waals surface area contributed by atoms with E-state index in [9.17, 15) is 10.1 Å². The van der Waals surface area contributed by atoms with Crippen LogP contribution in [0.2, 0.25) is 0 Å². The van der Waals surface area contributed by atoms with Crippen molar-refractivity contribution < 1.29 is 4.79 Å². The van der Waals surface area contributed by atoms with Gasteiger partial charge in [-0.2, -0.15) is 10.5 Å². The van der Waals surface area contributed by atoms with Gasteiger partial charge in [0, 0.05) is 5.69 Å². The maximum Gasteiger partial charge on any atom is 0.237 e. The minimum Gasteiger partial charge on any atom is -0.383 e. The predicted molar refractivity (Wildman–Crippen MR) is 103 cm³/mol. The van der Waals surface area contributed by atoms with Crippen molar-refractivity contribution in [1.82, 2.24) is 4.98 Å². The van der Waals surface area contributed by atoms with E-state index in [4.69, 9.17) is 11.0 Å². The summed E-state index contributed by atoms with van der Waals surface area (Å²) in [5, 5.41) is 21.0. The number of nitrogens with two attached hydrogens (primary N) is 1. The van der Waals surface area contributed by atoms with Crippen LogP contribution in [0.4, 0.5) is 11.5 Å². The van der Waals surface area contributed by atoms with Crippen molar-refractivity contribution in [3.63, 3.8) is 0 Å². The molecule has 0 saturated carbocycles. The van der Waals surface area contributed by atoms with Crippen molar-refractivity contribution in [3.8, 4) is 12.1 Å². The van der Waals surface area contributed by atoms with Crippen molar-refractivity contribution in [1.29, 1.82) is 10.5 Å². The molecule has 3 N–H and O–H groups in total. The molecule has 1 aromatic heterocycles. The molecular formula is C19H19N5OS. The molecule has 26 heavy (non-hydrogen) atoms. The minimum absolute atomic E-state index is 0.0480. The second-order valence-corrected chi connectivity index (χ2v) is 7.35. The molecule has 2 rings (SSSR count). The molecule has 0 aliphatic heterocycles. The number of hydrogen-bond donors (Lipinski definition) is 2. The van der Waals surface area contributed by atoms with Gasteiger partial charge in [-0.1, -0.05) is 29.5 Å². The molecule has 0 unspecified atom stereocenters. The fourth-order valence-electron chi connectivity index (χ4n) is 2.59. The summed E-state index contributed by atoms with van der Waals surface area (Å²) in [7, 11) is 0. The van der Waals surface area contributed by atoms with Gasteiger partial charge in [-0.15, -0.1) is 0 Å². The minimum atomic E-state index is -0.498. The molecule has 0 radical (unpaired) electrons. The Labute approximate surface area is 157 Å². The molecule has 1 amide bonds. The first kappa shape index (κ1) is 19.3. The third kappa shape index (κ3) is 4.14. The third-order valence-corrected chi connectivity index (χ3v) is 4.94. The number of hydrogen-bond acceptors (Lipinski definition) is 6. The van der Waals surface area contributed by atoms with E-state index in [0.717, 1.165) is 34.1 Å². The second-order valence-electron chi connectivity index (χ2n) is 6.02. The van der Waals surface area contributed by atoms with Crippen LogP contribution in [0.25, 0.3) is 0 Å². The van der Waals surface area contributed by atoms with Gasteiger partial charge in [0.25, 0.3) is 0 Å². The number of rotatable bonds is 4. The van der Waals surface area contributed by atoms with Gasteiger partial charge >= 0.3 is 0 Å². The molecule has 0 fully saturated rings. The van der Waals surface area contributed by atoms with Crippen LogP contribution in [0, 0.1) is 43.4 Å². The summed E-state index contributed by atoms with van der Waals surface area (Å²) in [5.74, 6) is -0.148. The van der Waals surface area contributed by atoms with E-state index >= 15 is 0 Å². The van der Waals surface area contributed by atoms with Crippen molar-refractivity contribution in [3.05, 3.63) is 46.0 Å². The Morgan fingerprint density at radius 2 is 1.73 bits per heavy atom. The zero-order chi connectivity index (χ0) is 19.4. The van der Waals surface area contributed by atoms with Crippen LogP contribution in [0.1, 0.15) is 34.7 Å². The highest BCUT2D eigenvalue weighted by Gasteiger charge is 2.20. The normalized spacial score (nSPS) is 11.3. The van der Waals surface area contributed by atoms with Gasteiger partial charge in [-0.25, -0.2) is 4.98 Å². The third-order valence-electron chi connectivity index (χ3n) is 3.84. The summed E-state index contributed by atoms with van der Waals surface area (Å²) in [4.78, 5) is 16.7. The maximum atomic E-state index is 12.6. The number of aromatic nitrogens is 1.